The zero-order valence-corrected chi connectivity index (χ0v) is 12.7. The monoisotopic (exact) mass is 295 g/mol. The molecule has 21 heavy (non-hydrogen) atoms. The zero-order chi connectivity index (χ0) is 16.0. The lowest BCUT2D eigenvalue weighted by atomic mass is 9.99. The number of benzene rings is 1. The van der Waals surface area contributed by atoms with Crippen molar-refractivity contribution >= 4 is 11.9 Å². The maximum atomic E-state index is 13.5. The lowest BCUT2D eigenvalue weighted by molar-refractivity contribution is -0.147. The van der Waals surface area contributed by atoms with Gasteiger partial charge in [-0.2, -0.15) is 0 Å². The van der Waals surface area contributed by atoms with Crippen LogP contribution in [0.25, 0.3) is 0 Å². The highest BCUT2D eigenvalue weighted by atomic mass is 19.1. The Hall–Kier alpha value is -1.91. The van der Waals surface area contributed by atoms with Crippen molar-refractivity contribution in [1.82, 2.24) is 4.90 Å². The largest absolute Gasteiger partial charge is 0.480 e. The minimum Gasteiger partial charge on any atom is -0.480 e. The van der Waals surface area contributed by atoms with E-state index in [1.54, 1.807) is 39.0 Å². The van der Waals surface area contributed by atoms with E-state index in [0.29, 0.717) is 18.4 Å². The summed E-state index contributed by atoms with van der Waals surface area (Å²) in [6.07, 6.45) is 0.946. The second kappa shape index (κ2) is 7.76. The predicted octanol–water partition coefficient (Wildman–Crippen LogP) is 2.72. The molecular weight excluding hydrogens is 273 g/mol. The second-order valence-electron chi connectivity index (χ2n) is 5.48. The number of aryl methyl sites for hydroxylation is 1. The van der Waals surface area contributed by atoms with Crippen LogP contribution >= 0.6 is 0 Å². The fourth-order valence-corrected chi connectivity index (χ4v) is 2.14. The third-order valence-electron chi connectivity index (χ3n) is 3.44. The number of carboxylic acids is 1. The first-order valence-electron chi connectivity index (χ1n) is 7.08. The Labute approximate surface area is 124 Å². The number of hydrogen-bond donors (Lipinski definition) is 1. The summed E-state index contributed by atoms with van der Waals surface area (Å²) in [4.78, 5) is 24.5. The molecule has 5 heteroatoms. The number of halogens is 1. The summed E-state index contributed by atoms with van der Waals surface area (Å²) in [5.41, 5.74) is 0.575. The van der Waals surface area contributed by atoms with Crippen LogP contribution < -0.4 is 0 Å². The number of rotatable bonds is 7. The molecule has 0 saturated heterocycles. The summed E-state index contributed by atoms with van der Waals surface area (Å²) < 4.78 is 13.5. The number of carbonyl (C=O) groups is 2. The number of hydrogen-bond acceptors (Lipinski definition) is 2. The first-order chi connectivity index (χ1) is 9.82. The van der Waals surface area contributed by atoms with Crippen LogP contribution in [0.15, 0.2) is 24.3 Å². The van der Waals surface area contributed by atoms with E-state index in [1.807, 2.05) is 0 Å². The van der Waals surface area contributed by atoms with E-state index >= 15 is 0 Å². The summed E-state index contributed by atoms with van der Waals surface area (Å²) in [7, 11) is 0. The molecule has 0 radical (unpaired) electrons. The Bertz CT molecular complexity index is 502. The molecule has 1 aromatic carbocycles. The molecule has 1 N–H and O–H groups in total. The van der Waals surface area contributed by atoms with E-state index in [1.165, 1.54) is 11.0 Å². The standard InChI is InChI=1S/C16H22FNO3/c1-11(2)18(10-15(19)20)16(21)12(3)8-9-13-6-4-5-7-14(13)17/h4-7,11-12H,8-10H2,1-3H3,(H,19,20). The molecule has 116 valence electrons. The van der Waals surface area contributed by atoms with Crippen molar-refractivity contribution < 1.29 is 19.1 Å². The van der Waals surface area contributed by atoms with Crippen LogP contribution in [-0.2, 0) is 16.0 Å². The van der Waals surface area contributed by atoms with Gasteiger partial charge < -0.3 is 10.0 Å². The van der Waals surface area contributed by atoms with E-state index in [4.69, 9.17) is 5.11 Å². The van der Waals surface area contributed by atoms with E-state index in [2.05, 4.69) is 0 Å². The molecule has 0 aromatic heterocycles. The third kappa shape index (κ3) is 5.17. The summed E-state index contributed by atoms with van der Waals surface area (Å²) in [5.74, 6) is -1.85. The Morgan fingerprint density at radius 1 is 1.24 bits per heavy atom. The number of nitrogens with zero attached hydrogens (tertiary/aromatic N) is 1. The molecule has 1 unspecified atom stereocenters. The van der Waals surface area contributed by atoms with Gasteiger partial charge >= 0.3 is 5.97 Å². The van der Waals surface area contributed by atoms with E-state index < -0.39 is 5.97 Å². The summed E-state index contributed by atoms with van der Waals surface area (Å²) >= 11 is 0. The molecule has 0 aliphatic rings. The lowest BCUT2D eigenvalue weighted by Crippen LogP contribution is -2.43. The molecule has 1 atom stereocenters. The average Bonchev–Trinajstić information content (AvgIpc) is 2.42. The number of carbonyl (C=O) groups excluding carboxylic acids is 1. The van der Waals surface area contributed by atoms with Crippen LogP contribution in [0.1, 0.15) is 32.8 Å². The Morgan fingerprint density at radius 2 is 1.86 bits per heavy atom. The Morgan fingerprint density at radius 3 is 2.38 bits per heavy atom. The van der Waals surface area contributed by atoms with Crippen molar-refractivity contribution in [3.8, 4) is 0 Å². The van der Waals surface area contributed by atoms with Crippen LogP contribution in [0.3, 0.4) is 0 Å². The van der Waals surface area contributed by atoms with Gasteiger partial charge in [0.15, 0.2) is 0 Å². The molecule has 0 aliphatic heterocycles. The highest BCUT2D eigenvalue weighted by Gasteiger charge is 2.24. The minimum atomic E-state index is -1.03. The van der Waals surface area contributed by atoms with Gasteiger partial charge in [0.05, 0.1) is 0 Å². The van der Waals surface area contributed by atoms with Crippen LogP contribution in [0.2, 0.25) is 0 Å². The summed E-state index contributed by atoms with van der Waals surface area (Å²) in [6.45, 7) is 5.01. The molecule has 0 heterocycles. The molecule has 0 fully saturated rings. The molecule has 0 spiro atoms. The molecule has 4 nitrogen and oxygen atoms in total. The summed E-state index contributed by atoms with van der Waals surface area (Å²) in [5, 5.41) is 8.86. The van der Waals surface area contributed by atoms with Crippen LogP contribution in [0, 0.1) is 11.7 Å². The van der Waals surface area contributed by atoms with Crippen LogP contribution in [0.4, 0.5) is 4.39 Å². The van der Waals surface area contributed by atoms with Crippen LogP contribution in [0.5, 0.6) is 0 Å². The van der Waals surface area contributed by atoms with Crippen LogP contribution in [-0.4, -0.2) is 34.5 Å². The Kier molecular flexibility index (Phi) is 6.34. The molecule has 1 amide bonds. The Balaban J connectivity index is 2.65. The highest BCUT2D eigenvalue weighted by Crippen LogP contribution is 2.16. The van der Waals surface area contributed by atoms with Gasteiger partial charge in [-0.25, -0.2) is 4.39 Å². The summed E-state index contributed by atoms with van der Waals surface area (Å²) in [6, 6.07) is 6.30. The van der Waals surface area contributed by atoms with Gasteiger partial charge in [-0.3, -0.25) is 9.59 Å². The minimum absolute atomic E-state index is 0.176. The van der Waals surface area contributed by atoms with Crippen molar-refractivity contribution in [2.45, 2.75) is 39.7 Å². The second-order valence-corrected chi connectivity index (χ2v) is 5.48. The van der Waals surface area contributed by atoms with Gasteiger partial charge in [-0.05, 0) is 38.3 Å². The van der Waals surface area contributed by atoms with Gasteiger partial charge in [0.1, 0.15) is 12.4 Å². The quantitative estimate of drug-likeness (QED) is 0.841. The van der Waals surface area contributed by atoms with E-state index in [9.17, 15) is 14.0 Å². The molecule has 0 aliphatic carbocycles. The van der Waals surface area contributed by atoms with Gasteiger partial charge in [0, 0.05) is 12.0 Å². The predicted molar refractivity (Wildman–Crippen MR) is 78.4 cm³/mol. The average molecular weight is 295 g/mol. The fourth-order valence-electron chi connectivity index (χ4n) is 2.14. The van der Waals surface area contributed by atoms with Gasteiger partial charge in [0.25, 0.3) is 0 Å². The van der Waals surface area contributed by atoms with Crippen molar-refractivity contribution in [3.05, 3.63) is 35.6 Å². The smallest absolute Gasteiger partial charge is 0.323 e. The molecule has 1 rings (SSSR count). The first kappa shape index (κ1) is 17.1. The first-order valence-corrected chi connectivity index (χ1v) is 7.08. The topological polar surface area (TPSA) is 57.6 Å². The highest BCUT2D eigenvalue weighted by molar-refractivity contribution is 5.83. The lowest BCUT2D eigenvalue weighted by Gasteiger charge is -2.28. The maximum absolute atomic E-state index is 13.5. The molecule has 1 aromatic rings. The molecule has 0 saturated carbocycles. The molecule has 0 bridgehead atoms. The fraction of sp³-hybridized carbons (Fsp3) is 0.500. The number of aliphatic carboxylic acids is 1. The maximum Gasteiger partial charge on any atom is 0.323 e. The van der Waals surface area contributed by atoms with Gasteiger partial charge in [-0.1, -0.05) is 25.1 Å². The van der Waals surface area contributed by atoms with Gasteiger partial charge in [0.2, 0.25) is 5.91 Å². The van der Waals surface area contributed by atoms with Crippen molar-refractivity contribution in [2.75, 3.05) is 6.54 Å². The van der Waals surface area contributed by atoms with Crippen molar-refractivity contribution in [3.63, 3.8) is 0 Å². The number of amides is 1. The third-order valence-corrected chi connectivity index (χ3v) is 3.44. The zero-order valence-electron chi connectivity index (χ0n) is 12.7. The van der Waals surface area contributed by atoms with E-state index in [-0.39, 0.29) is 30.2 Å². The SMILES string of the molecule is CC(CCc1ccccc1F)C(=O)N(CC(=O)O)C(C)C. The number of carboxylic acid groups (broad SMARTS) is 1. The van der Waals surface area contributed by atoms with Gasteiger partial charge in [-0.15, -0.1) is 0 Å². The van der Waals surface area contributed by atoms with E-state index in [0.717, 1.165) is 0 Å². The van der Waals surface area contributed by atoms with Crippen molar-refractivity contribution in [1.29, 1.82) is 0 Å². The molecular formula is C16H22FNO3. The normalized spacial score (nSPS) is 12.2. The van der Waals surface area contributed by atoms with Crippen molar-refractivity contribution in [2.24, 2.45) is 5.92 Å².